The molecule has 1 aromatic rings. The van der Waals surface area contributed by atoms with Crippen LogP contribution in [0, 0.1) is 0 Å². The van der Waals surface area contributed by atoms with Gasteiger partial charge in [0.15, 0.2) is 11.5 Å². The van der Waals surface area contributed by atoms with Crippen LogP contribution >= 0.6 is 11.6 Å². The molecule has 84 valence electrons. The first kappa shape index (κ1) is 12.1. The zero-order chi connectivity index (χ0) is 11.6. The maximum atomic E-state index is 11.1. The van der Waals surface area contributed by atoms with Crippen LogP contribution in [0.2, 0.25) is 5.02 Å². The van der Waals surface area contributed by atoms with Gasteiger partial charge in [-0.15, -0.1) is 0 Å². The van der Waals surface area contributed by atoms with E-state index in [4.69, 9.17) is 26.2 Å². The monoisotopic (exact) mass is 251 g/mol. The minimum Gasteiger partial charge on any atom is -0.493 e. The van der Waals surface area contributed by atoms with Crippen molar-refractivity contribution >= 4 is 21.6 Å². The Morgan fingerprint density at radius 1 is 1.27 bits per heavy atom. The maximum absolute atomic E-state index is 11.1. The van der Waals surface area contributed by atoms with Gasteiger partial charge in [0.2, 0.25) is 10.0 Å². The van der Waals surface area contributed by atoms with Gasteiger partial charge in [-0.25, -0.2) is 13.6 Å². The molecule has 1 rings (SSSR count). The molecule has 0 aliphatic heterocycles. The molecule has 2 N–H and O–H groups in total. The van der Waals surface area contributed by atoms with E-state index >= 15 is 0 Å². The Hall–Kier alpha value is -0.980. The van der Waals surface area contributed by atoms with Crippen LogP contribution in [0.15, 0.2) is 17.0 Å². The topological polar surface area (TPSA) is 78.6 Å². The summed E-state index contributed by atoms with van der Waals surface area (Å²) in [5, 5.41) is 5.08. The van der Waals surface area contributed by atoms with Gasteiger partial charge >= 0.3 is 0 Å². The highest BCUT2D eigenvalue weighted by Gasteiger charge is 2.16. The Bertz CT molecular complexity index is 472. The third-order valence-corrected chi connectivity index (χ3v) is 2.91. The van der Waals surface area contributed by atoms with E-state index in [0.717, 1.165) is 0 Å². The lowest BCUT2D eigenvalue weighted by Gasteiger charge is -2.10. The largest absolute Gasteiger partial charge is 0.493 e. The second-order valence-corrected chi connectivity index (χ2v) is 4.65. The standard InChI is InChI=1S/C8H10ClNO4S/c1-13-7-4-5(15(10,11)12)3-6(9)8(7)14-2/h3-4H,1-2H3,(H2,10,11,12). The van der Waals surface area contributed by atoms with Gasteiger partial charge in [-0.2, -0.15) is 0 Å². The number of hydrogen-bond donors (Lipinski definition) is 1. The Morgan fingerprint density at radius 2 is 1.87 bits per heavy atom. The summed E-state index contributed by atoms with van der Waals surface area (Å²) in [6.45, 7) is 0. The van der Waals surface area contributed by atoms with Gasteiger partial charge in [-0.1, -0.05) is 11.6 Å². The van der Waals surface area contributed by atoms with Crippen molar-refractivity contribution in [2.75, 3.05) is 14.2 Å². The van der Waals surface area contributed by atoms with Crippen LogP contribution in [-0.2, 0) is 10.0 Å². The summed E-state index contributed by atoms with van der Waals surface area (Å²) in [4.78, 5) is -0.120. The van der Waals surface area contributed by atoms with Crippen molar-refractivity contribution < 1.29 is 17.9 Å². The van der Waals surface area contributed by atoms with Gasteiger partial charge in [-0.05, 0) is 6.07 Å². The molecule has 1 aromatic carbocycles. The van der Waals surface area contributed by atoms with Gasteiger partial charge in [0, 0.05) is 6.07 Å². The molecule has 0 aromatic heterocycles. The molecule has 0 fully saturated rings. The van der Waals surface area contributed by atoms with E-state index < -0.39 is 10.0 Å². The van der Waals surface area contributed by atoms with Crippen molar-refractivity contribution in [3.63, 3.8) is 0 Å². The first-order valence-corrected chi connectivity index (χ1v) is 5.77. The number of hydrogen-bond acceptors (Lipinski definition) is 4. The van der Waals surface area contributed by atoms with Crippen molar-refractivity contribution in [2.24, 2.45) is 5.14 Å². The fourth-order valence-electron chi connectivity index (χ4n) is 1.06. The normalized spacial score (nSPS) is 11.2. The van der Waals surface area contributed by atoms with Crippen LogP contribution in [0.5, 0.6) is 11.5 Å². The lowest BCUT2D eigenvalue weighted by Crippen LogP contribution is -2.12. The third kappa shape index (κ3) is 2.53. The molecule has 0 spiro atoms. The zero-order valence-electron chi connectivity index (χ0n) is 8.15. The van der Waals surface area contributed by atoms with Crippen LogP contribution in [0.25, 0.3) is 0 Å². The van der Waals surface area contributed by atoms with Crippen LogP contribution in [-0.4, -0.2) is 22.6 Å². The summed E-state index contributed by atoms with van der Waals surface area (Å²) < 4.78 is 32.0. The molecule has 0 aliphatic carbocycles. The number of nitrogens with two attached hydrogens (primary N) is 1. The van der Waals surface area contributed by atoms with E-state index in [1.165, 1.54) is 26.4 Å². The maximum Gasteiger partial charge on any atom is 0.238 e. The molecule has 0 aliphatic rings. The number of methoxy groups -OCH3 is 2. The predicted molar refractivity (Wildman–Crippen MR) is 55.9 cm³/mol. The minimum absolute atomic E-state index is 0.120. The fourth-order valence-corrected chi connectivity index (χ4v) is 1.96. The quantitative estimate of drug-likeness (QED) is 0.869. The summed E-state index contributed by atoms with van der Waals surface area (Å²) in [7, 11) is -1.02. The molecule has 0 saturated carbocycles. The molecule has 0 atom stereocenters. The SMILES string of the molecule is COc1cc(S(N)(=O)=O)cc(Cl)c1OC. The lowest BCUT2D eigenvalue weighted by atomic mass is 10.3. The van der Waals surface area contributed by atoms with Crippen LogP contribution in [0.1, 0.15) is 0 Å². The number of rotatable bonds is 3. The first-order chi connectivity index (χ1) is 6.90. The molecule has 0 heterocycles. The van der Waals surface area contributed by atoms with E-state index in [1.807, 2.05) is 0 Å². The summed E-state index contributed by atoms with van der Waals surface area (Å²) in [6, 6.07) is 2.46. The van der Waals surface area contributed by atoms with Gasteiger partial charge in [0.1, 0.15) is 0 Å². The van der Waals surface area contributed by atoms with Crippen molar-refractivity contribution in [3.05, 3.63) is 17.2 Å². The number of ether oxygens (including phenoxy) is 2. The van der Waals surface area contributed by atoms with Crippen molar-refractivity contribution in [2.45, 2.75) is 4.90 Å². The fraction of sp³-hybridized carbons (Fsp3) is 0.250. The van der Waals surface area contributed by atoms with Crippen molar-refractivity contribution in [3.8, 4) is 11.5 Å². The number of sulfonamides is 1. The summed E-state index contributed by atoms with van der Waals surface area (Å²) >= 11 is 5.79. The van der Waals surface area contributed by atoms with Gasteiger partial charge < -0.3 is 9.47 Å². The Labute approximate surface area is 92.8 Å². The van der Waals surface area contributed by atoms with E-state index in [-0.39, 0.29) is 21.4 Å². The van der Waals surface area contributed by atoms with Crippen molar-refractivity contribution in [1.82, 2.24) is 0 Å². The van der Waals surface area contributed by atoms with Crippen LogP contribution in [0.3, 0.4) is 0 Å². The van der Waals surface area contributed by atoms with E-state index in [1.54, 1.807) is 0 Å². The minimum atomic E-state index is -3.80. The average molecular weight is 252 g/mol. The first-order valence-electron chi connectivity index (χ1n) is 3.84. The number of primary sulfonamides is 1. The molecule has 15 heavy (non-hydrogen) atoms. The molecular formula is C8H10ClNO4S. The molecule has 0 bridgehead atoms. The van der Waals surface area contributed by atoms with Gasteiger partial charge in [-0.3, -0.25) is 0 Å². The van der Waals surface area contributed by atoms with Gasteiger partial charge in [0.05, 0.1) is 24.1 Å². The molecule has 0 unspecified atom stereocenters. The van der Waals surface area contributed by atoms with E-state index in [2.05, 4.69) is 0 Å². The second kappa shape index (κ2) is 4.26. The Morgan fingerprint density at radius 3 is 2.27 bits per heavy atom. The summed E-state index contributed by atoms with van der Waals surface area (Å²) in [5.41, 5.74) is 0. The average Bonchev–Trinajstić information content (AvgIpc) is 2.15. The summed E-state index contributed by atoms with van der Waals surface area (Å²) in [6.07, 6.45) is 0. The van der Waals surface area contributed by atoms with Crippen molar-refractivity contribution in [1.29, 1.82) is 0 Å². The molecule has 0 amide bonds. The molecular weight excluding hydrogens is 242 g/mol. The number of halogens is 1. The van der Waals surface area contributed by atoms with Gasteiger partial charge in [0.25, 0.3) is 0 Å². The van der Waals surface area contributed by atoms with E-state index in [9.17, 15) is 8.42 Å². The van der Waals surface area contributed by atoms with Crippen LogP contribution < -0.4 is 14.6 Å². The molecule has 0 saturated heterocycles. The third-order valence-electron chi connectivity index (χ3n) is 1.74. The predicted octanol–water partition coefficient (Wildman–Crippen LogP) is 1.00. The highest BCUT2D eigenvalue weighted by atomic mass is 35.5. The number of benzene rings is 1. The molecule has 0 radical (unpaired) electrons. The zero-order valence-corrected chi connectivity index (χ0v) is 9.72. The van der Waals surface area contributed by atoms with E-state index in [0.29, 0.717) is 0 Å². The smallest absolute Gasteiger partial charge is 0.238 e. The highest BCUT2D eigenvalue weighted by molar-refractivity contribution is 7.89. The highest BCUT2D eigenvalue weighted by Crippen LogP contribution is 2.36. The Balaban J connectivity index is 3.45. The van der Waals surface area contributed by atoms with Crippen LogP contribution in [0.4, 0.5) is 0 Å². The lowest BCUT2D eigenvalue weighted by molar-refractivity contribution is 0.354. The molecule has 5 nitrogen and oxygen atoms in total. The molecule has 7 heteroatoms. The Kier molecular flexibility index (Phi) is 3.43. The summed E-state index contributed by atoms with van der Waals surface area (Å²) in [5.74, 6) is 0.487. The second-order valence-electron chi connectivity index (χ2n) is 2.69.